The minimum absolute atomic E-state index is 0.408. The van der Waals surface area contributed by atoms with Crippen molar-refractivity contribution in [3.05, 3.63) is 290 Å². The van der Waals surface area contributed by atoms with Crippen LogP contribution in [0.3, 0.4) is 0 Å². The molecule has 0 aliphatic carbocycles. The van der Waals surface area contributed by atoms with Gasteiger partial charge >= 0.3 is 0 Å². The second kappa shape index (κ2) is 18.4. The van der Waals surface area contributed by atoms with Gasteiger partial charge in [-0.05, 0) is 147 Å². The monoisotopic (exact) mass is 1100 g/mol. The van der Waals surface area contributed by atoms with E-state index in [2.05, 4.69) is 295 Å². The number of aromatic nitrogens is 3. The van der Waals surface area contributed by atoms with Crippen molar-refractivity contribution in [2.75, 3.05) is 4.90 Å². The SMILES string of the molecule is CC1(C)c2ccccc2N(c2ccccc2)c2cc3c4cc(-c5cccc6c5oc5ccccc56)ccc4c4cc5c(cc4c4cc(-c6cccc7c6oc6ccccc67)cnc4c3cc21)n(-c1ccccc1)c1ccccc1n5-c1ccccc1. The van der Waals surface area contributed by atoms with Crippen LogP contribution in [0.15, 0.2) is 288 Å². The Morgan fingerprint density at radius 2 is 0.791 bits per heavy atom. The molecule has 6 heteroatoms. The Balaban J connectivity index is 1.08. The molecule has 0 saturated heterocycles. The molecule has 6 nitrogen and oxygen atoms in total. The maximum atomic E-state index is 6.84. The summed E-state index contributed by atoms with van der Waals surface area (Å²) in [6.45, 7) is 4.76. The highest BCUT2D eigenvalue weighted by Crippen LogP contribution is 2.54. The summed E-state index contributed by atoms with van der Waals surface area (Å²) in [4.78, 5) is 8.30. The van der Waals surface area contributed by atoms with Crippen LogP contribution in [-0.2, 0) is 5.41 Å². The van der Waals surface area contributed by atoms with Gasteiger partial charge in [0, 0.05) is 77.7 Å². The number of hydrogen-bond acceptors (Lipinski definition) is 4. The zero-order valence-corrected chi connectivity index (χ0v) is 47.2. The average Bonchev–Trinajstić information content (AvgIpc) is 0.963. The summed E-state index contributed by atoms with van der Waals surface area (Å²) in [7, 11) is 0. The highest BCUT2D eigenvalue weighted by molar-refractivity contribution is 6.28. The number of para-hydroxylation sites is 10. The van der Waals surface area contributed by atoms with Crippen LogP contribution in [0.2, 0.25) is 0 Å². The summed E-state index contributed by atoms with van der Waals surface area (Å²) in [5.41, 5.74) is 20.2. The molecule has 5 heterocycles. The lowest BCUT2D eigenvalue weighted by molar-refractivity contribution is 0.633. The van der Waals surface area contributed by atoms with Gasteiger partial charge < -0.3 is 22.9 Å². The molecule has 4 aromatic heterocycles. The van der Waals surface area contributed by atoms with Gasteiger partial charge in [-0.1, -0.05) is 184 Å². The maximum Gasteiger partial charge on any atom is 0.143 e. The molecule has 17 aromatic rings. The summed E-state index contributed by atoms with van der Waals surface area (Å²) < 4.78 is 18.5. The van der Waals surface area contributed by atoms with Gasteiger partial charge in [-0.25, -0.2) is 0 Å². The van der Waals surface area contributed by atoms with Crippen LogP contribution in [0.5, 0.6) is 0 Å². The Morgan fingerprint density at radius 1 is 0.314 bits per heavy atom. The number of anilines is 3. The summed E-state index contributed by atoms with van der Waals surface area (Å²) >= 11 is 0. The van der Waals surface area contributed by atoms with Crippen molar-refractivity contribution in [3.8, 4) is 33.6 Å². The molecule has 86 heavy (non-hydrogen) atoms. The van der Waals surface area contributed by atoms with Gasteiger partial charge in [0.2, 0.25) is 0 Å². The smallest absolute Gasteiger partial charge is 0.143 e. The lowest BCUT2D eigenvalue weighted by atomic mass is 9.72. The predicted octanol–water partition coefficient (Wildman–Crippen LogP) is 21.9. The molecule has 1 aliphatic rings. The minimum atomic E-state index is -0.408. The number of rotatable bonds is 5. The highest BCUT2D eigenvalue weighted by Gasteiger charge is 2.37. The molecule has 0 bridgehead atoms. The van der Waals surface area contributed by atoms with Crippen molar-refractivity contribution in [3.63, 3.8) is 0 Å². The zero-order valence-electron chi connectivity index (χ0n) is 47.2. The van der Waals surface area contributed by atoms with Crippen LogP contribution < -0.4 is 4.90 Å². The molecule has 0 saturated carbocycles. The van der Waals surface area contributed by atoms with Gasteiger partial charge in [0.1, 0.15) is 22.3 Å². The molecule has 0 fully saturated rings. The topological polar surface area (TPSA) is 52.3 Å². The van der Waals surface area contributed by atoms with Crippen LogP contribution >= 0.6 is 0 Å². The summed E-state index contributed by atoms with van der Waals surface area (Å²) in [6.07, 6.45) is 2.07. The number of benzene rings is 12. The number of nitrogens with zero attached hydrogens (tertiary/aromatic N) is 4. The first kappa shape index (κ1) is 48.3. The van der Waals surface area contributed by atoms with Crippen LogP contribution in [0.1, 0.15) is 25.0 Å². The van der Waals surface area contributed by atoms with Crippen molar-refractivity contribution in [2.24, 2.45) is 0 Å². The Kier molecular flexibility index (Phi) is 10.3. The quantitative estimate of drug-likeness (QED) is 0.161. The van der Waals surface area contributed by atoms with Crippen molar-refractivity contribution < 1.29 is 8.83 Å². The van der Waals surface area contributed by atoms with E-state index in [4.69, 9.17) is 13.8 Å². The van der Waals surface area contributed by atoms with E-state index in [-0.39, 0.29) is 0 Å². The van der Waals surface area contributed by atoms with Gasteiger partial charge in [-0.3, -0.25) is 4.98 Å². The van der Waals surface area contributed by atoms with Gasteiger partial charge in [0.15, 0.2) is 0 Å². The van der Waals surface area contributed by atoms with Crippen molar-refractivity contribution in [2.45, 2.75) is 19.3 Å². The Labute approximate surface area is 494 Å². The molecule has 18 rings (SSSR count). The Hall–Kier alpha value is -11.2. The third-order valence-electron chi connectivity index (χ3n) is 18.3. The van der Waals surface area contributed by atoms with Gasteiger partial charge in [-0.15, -0.1) is 0 Å². The third-order valence-corrected chi connectivity index (χ3v) is 18.3. The van der Waals surface area contributed by atoms with Crippen molar-refractivity contribution in [1.29, 1.82) is 0 Å². The number of pyridine rings is 1. The molecule has 0 spiro atoms. The fourth-order valence-electron chi connectivity index (χ4n) is 14.4. The van der Waals surface area contributed by atoms with Crippen LogP contribution in [0.4, 0.5) is 17.1 Å². The number of fused-ring (bicyclic) bond motifs is 18. The Morgan fingerprint density at radius 3 is 1.42 bits per heavy atom. The molecule has 0 radical (unpaired) electrons. The number of furan rings is 2. The fourth-order valence-corrected chi connectivity index (χ4v) is 14.4. The van der Waals surface area contributed by atoms with E-state index in [0.717, 1.165) is 160 Å². The molecule has 1 aliphatic heterocycles. The van der Waals surface area contributed by atoms with Crippen LogP contribution in [0.25, 0.3) is 143 Å². The first-order valence-corrected chi connectivity index (χ1v) is 29.5. The van der Waals surface area contributed by atoms with E-state index in [0.29, 0.717) is 0 Å². The summed E-state index contributed by atoms with van der Waals surface area (Å²) in [5.74, 6) is 0. The third kappa shape index (κ3) is 7.04. The van der Waals surface area contributed by atoms with E-state index >= 15 is 0 Å². The Bertz CT molecular complexity index is 5750. The molecule has 0 amide bonds. The second-order valence-corrected chi connectivity index (χ2v) is 23.4. The largest absolute Gasteiger partial charge is 0.455 e. The first-order chi connectivity index (χ1) is 42.4. The molecular weight excluding hydrogens is 1050 g/mol. The molecular formula is C80H52N4O2. The van der Waals surface area contributed by atoms with Gasteiger partial charge in [-0.2, -0.15) is 0 Å². The summed E-state index contributed by atoms with van der Waals surface area (Å²) in [5, 5.41) is 11.8. The van der Waals surface area contributed by atoms with E-state index in [1.807, 2.05) is 12.1 Å². The predicted molar refractivity (Wildman–Crippen MR) is 358 cm³/mol. The van der Waals surface area contributed by atoms with E-state index in [1.165, 1.54) is 11.1 Å². The molecule has 13 aromatic carbocycles. The molecule has 404 valence electrons. The zero-order chi connectivity index (χ0) is 56.8. The average molecular weight is 1100 g/mol. The van der Waals surface area contributed by atoms with E-state index in [9.17, 15) is 0 Å². The van der Waals surface area contributed by atoms with Gasteiger partial charge in [0.25, 0.3) is 0 Å². The summed E-state index contributed by atoms with van der Waals surface area (Å²) in [6, 6.07) is 99.2. The lowest BCUT2D eigenvalue weighted by Crippen LogP contribution is -2.30. The van der Waals surface area contributed by atoms with Crippen molar-refractivity contribution >= 4 is 126 Å². The standard InChI is InChI=1S/C80H52N4O2/c1-80(2)67-34-14-15-35-69(67)82(51-22-6-3-7-23-51)72-45-63-61-42-49(54-30-20-32-59-57-28-12-18-38-75(57)85-78(54)59)40-41-56(61)62-46-73-74(84(53-26-10-5-11-27-53)71-37-17-16-36-70(71)83(73)52-24-8-4-9-25-52)47-64(62)65-43-50(48-81-77(65)66(63)44-68(72)80)55-31-21-33-60-58-29-13-19-39-76(58)86-79(55)60/h3-48H,1-2H3. The van der Waals surface area contributed by atoms with Crippen LogP contribution in [-0.4, -0.2) is 14.1 Å². The van der Waals surface area contributed by atoms with Crippen molar-refractivity contribution in [1.82, 2.24) is 14.1 Å². The normalized spacial score (nSPS) is 13.1. The van der Waals surface area contributed by atoms with Crippen LogP contribution in [0, 0.1) is 0 Å². The maximum absolute atomic E-state index is 6.84. The first-order valence-electron chi connectivity index (χ1n) is 29.5. The fraction of sp³-hybridized carbons (Fsp3) is 0.0375. The van der Waals surface area contributed by atoms with E-state index in [1.54, 1.807) is 0 Å². The second-order valence-electron chi connectivity index (χ2n) is 23.4. The molecule has 0 N–H and O–H groups in total. The minimum Gasteiger partial charge on any atom is -0.455 e. The van der Waals surface area contributed by atoms with E-state index < -0.39 is 5.41 Å². The molecule has 0 atom stereocenters. The highest BCUT2D eigenvalue weighted by atomic mass is 16.3. The lowest BCUT2D eigenvalue weighted by Gasteiger charge is -2.42. The number of hydrogen-bond donors (Lipinski definition) is 0. The molecule has 0 unspecified atom stereocenters. The van der Waals surface area contributed by atoms with Gasteiger partial charge in [0.05, 0.1) is 39.0 Å².